The molecule has 0 aliphatic carbocycles. The Balaban J connectivity index is 1.38. The summed E-state index contributed by atoms with van der Waals surface area (Å²) in [6.07, 6.45) is 4.17. The van der Waals surface area contributed by atoms with Gasteiger partial charge in [0.15, 0.2) is 11.6 Å². The van der Waals surface area contributed by atoms with Crippen LogP contribution < -0.4 is 10.6 Å². The summed E-state index contributed by atoms with van der Waals surface area (Å²) in [5.41, 5.74) is 1.59. The zero-order valence-electron chi connectivity index (χ0n) is 20.8. The average Bonchev–Trinajstić information content (AvgIpc) is 3.42. The highest BCUT2D eigenvalue weighted by Gasteiger charge is 2.24. The predicted molar refractivity (Wildman–Crippen MR) is 137 cm³/mol. The molecule has 11 heteroatoms. The van der Waals surface area contributed by atoms with Gasteiger partial charge in [0.25, 0.3) is 5.89 Å². The van der Waals surface area contributed by atoms with E-state index >= 15 is 0 Å². The number of morpholine rings is 1. The molecule has 2 N–H and O–H groups in total. The number of aromatic nitrogens is 3. The van der Waals surface area contributed by atoms with Crippen molar-refractivity contribution in [2.75, 3.05) is 43.5 Å². The molecule has 4 aromatic rings. The van der Waals surface area contributed by atoms with Crippen molar-refractivity contribution in [2.24, 2.45) is 0 Å². The van der Waals surface area contributed by atoms with Crippen LogP contribution in [0.3, 0.4) is 0 Å². The first kappa shape index (κ1) is 25.7. The van der Waals surface area contributed by atoms with Crippen LogP contribution in [-0.2, 0) is 11.2 Å². The number of ether oxygens (including phenoxy) is 1. The molecule has 0 bridgehead atoms. The van der Waals surface area contributed by atoms with Crippen LogP contribution in [0.4, 0.5) is 30.6 Å². The molecule has 1 saturated heterocycles. The fourth-order valence-corrected chi connectivity index (χ4v) is 4.37. The second kappa shape index (κ2) is 11.6. The first-order valence-electron chi connectivity index (χ1n) is 12.4. The van der Waals surface area contributed by atoms with Crippen molar-refractivity contribution < 1.29 is 22.3 Å². The molecule has 2 aromatic carbocycles. The van der Waals surface area contributed by atoms with Crippen molar-refractivity contribution in [3.05, 3.63) is 83.4 Å². The molecule has 5 rings (SSSR count). The van der Waals surface area contributed by atoms with Crippen LogP contribution in [0.1, 0.15) is 24.1 Å². The minimum Gasteiger partial charge on any atom is -0.403 e. The molecular formula is C27H27F3N6O2. The molecule has 0 radical (unpaired) electrons. The van der Waals surface area contributed by atoms with Crippen molar-refractivity contribution >= 4 is 17.4 Å². The van der Waals surface area contributed by atoms with Crippen LogP contribution >= 0.6 is 0 Å². The summed E-state index contributed by atoms with van der Waals surface area (Å²) >= 11 is 0. The SMILES string of the molecule is CCc1ccc(Nc2c(-c3nnc(NCC(c4cccnc4)N4CCOCC4)o3)ccc(F)c2F)c(F)c1. The van der Waals surface area contributed by atoms with E-state index in [0.717, 1.165) is 30.3 Å². The van der Waals surface area contributed by atoms with E-state index in [1.807, 2.05) is 25.3 Å². The molecule has 1 aliphatic rings. The van der Waals surface area contributed by atoms with Gasteiger partial charge in [-0.2, -0.15) is 0 Å². The molecule has 1 atom stereocenters. The number of pyridine rings is 1. The molecule has 198 valence electrons. The van der Waals surface area contributed by atoms with Crippen LogP contribution in [0.5, 0.6) is 0 Å². The monoisotopic (exact) mass is 524 g/mol. The number of hydrogen-bond acceptors (Lipinski definition) is 8. The smallest absolute Gasteiger partial charge is 0.315 e. The zero-order valence-corrected chi connectivity index (χ0v) is 20.8. The first-order valence-corrected chi connectivity index (χ1v) is 12.4. The van der Waals surface area contributed by atoms with Crippen molar-refractivity contribution in [3.8, 4) is 11.5 Å². The summed E-state index contributed by atoms with van der Waals surface area (Å²) in [5, 5.41) is 13.9. The summed E-state index contributed by atoms with van der Waals surface area (Å²) in [6.45, 7) is 5.12. The lowest BCUT2D eigenvalue weighted by Crippen LogP contribution is -2.41. The fraction of sp³-hybridized carbons (Fsp3) is 0.296. The Morgan fingerprint density at radius 3 is 2.61 bits per heavy atom. The quantitative estimate of drug-likeness (QED) is 0.303. The Morgan fingerprint density at radius 1 is 1.03 bits per heavy atom. The topological polar surface area (TPSA) is 88.3 Å². The number of anilines is 3. The van der Waals surface area contributed by atoms with E-state index in [4.69, 9.17) is 9.15 Å². The number of halogens is 3. The standard InChI is InChI=1S/C27H27F3N6O2/c1-2-17-5-8-22(21(29)14-17)33-25-19(6-7-20(28)24(25)30)26-34-35-27(38-26)32-16-23(18-4-3-9-31-15-18)36-10-12-37-13-11-36/h3-9,14-15,23,33H,2,10-13,16H2,1H3,(H,32,35). The Bertz CT molecular complexity index is 1380. The summed E-state index contributed by atoms with van der Waals surface area (Å²) in [6, 6.07) is 10.8. The van der Waals surface area contributed by atoms with Crippen molar-refractivity contribution in [2.45, 2.75) is 19.4 Å². The van der Waals surface area contributed by atoms with E-state index < -0.39 is 17.5 Å². The van der Waals surface area contributed by atoms with E-state index in [1.54, 1.807) is 12.3 Å². The molecule has 2 aromatic heterocycles. The van der Waals surface area contributed by atoms with Crippen LogP contribution in [-0.4, -0.2) is 52.9 Å². The van der Waals surface area contributed by atoms with Gasteiger partial charge >= 0.3 is 6.01 Å². The Labute approximate surface area is 217 Å². The molecule has 38 heavy (non-hydrogen) atoms. The van der Waals surface area contributed by atoms with Crippen molar-refractivity contribution in [3.63, 3.8) is 0 Å². The van der Waals surface area contributed by atoms with E-state index in [-0.39, 0.29) is 34.9 Å². The van der Waals surface area contributed by atoms with E-state index in [1.165, 1.54) is 18.2 Å². The van der Waals surface area contributed by atoms with Gasteiger partial charge in [0.1, 0.15) is 5.82 Å². The van der Waals surface area contributed by atoms with Gasteiger partial charge in [0.2, 0.25) is 0 Å². The lowest BCUT2D eigenvalue weighted by molar-refractivity contribution is 0.0185. The zero-order chi connectivity index (χ0) is 26.5. The highest BCUT2D eigenvalue weighted by atomic mass is 19.2. The third kappa shape index (κ3) is 5.63. The molecule has 8 nitrogen and oxygen atoms in total. The first-order chi connectivity index (χ1) is 18.5. The Hall–Kier alpha value is -3.96. The molecule has 1 aliphatic heterocycles. The number of benzene rings is 2. The maximum Gasteiger partial charge on any atom is 0.315 e. The van der Waals surface area contributed by atoms with Crippen LogP contribution in [0.2, 0.25) is 0 Å². The Morgan fingerprint density at radius 2 is 1.87 bits per heavy atom. The molecule has 1 fully saturated rings. The summed E-state index contributed by atoms with van der Waals surface area (Å²) in [4.78, 5) is 6.52. The van der Waals surface area contributed by atoms with E-state index in [2.05, 4.69) is 30.7 Å². The maximum atomic E-state index is 14.9. The van der Waals surface area contributed by atoms with Crippen LogP contribution in [0.15, 0.2) is 59.3 Å². The van der Waals surface area contributed by atoms with Gasteiger partial charge in [0, 0.05) is 32.0 Å². The lowest BCUT2D eigenvalue weighted by Gasteiger charge is -2.34. The number of hydrogen-bond donors (Lipinski definition) is 2. The van der Waals surface area contributed by atoms with Crippen molar-refractivity contribution in [1.29, 1.82) is 0 Å². The Kier molecular flexibility index (Phi) is 7.85. The number of nitrogens with zero attached hydrogens (tertiary/aromatic N) is 4. The van der Waals surface area contributed by atoms with Gasteiger partial charge < -0.3 is 19.8 Å². The van der Waals surface area contributed by atoms with Gasteiger partial charge in [-0.05, 0) is 47.9 Å². The maximum absolute atomic E-state index is 14.9. The number of aryl methyl sites for hydroxylation is 1. The van der Waals surface area contributed by atoms with E-state index in [0.29, 0.717) is 26.2 Å². The van der Waals surface area contributed by atoms with E-state index in [9.17, 15) is 13.2 Å². The lowest BCUT2D eigenvalue weighted by atomic mass is 10.1. The van der Waals surface area contributed by atoms with Gasteiger partial charge in [0.05, 0.1) is 36.2 Å². The van der Waals surface area contributed by atoms with Crippen LogP contribution in [0.25, 0.3) is 11.5 Å². The minimum absolute atomic E-state index is 0.00404. The second-order valence-electron chi connectivity index (χ2n) is 8.82. The minimum atomic E-state index is -1.18. The molecule has 0 spiro atoms. The predicted octanol–water partition coefficient (Wildman–Crippen LogP) is 5.34. The van der Waals surface area contributed by atoms with Crippen molar-refractivity contribution in [1.82, 2.24) is 20.1 Å². The third-order valence-electron chi connectivity index (χ3n) is 6.45. The third-order valence-corrected chi connectivity index (χ3v) is 6.45. The largest absolute Gasteiger partial charge is 0.403 e. The fourth-order valence-electron chi connectivity index (χ4n) is 4.37. The molecule has 3 heterocycles. The van der Waals surface area contributed by atoms with Crippen LogP contribution in [0, 0.1) is 17.5 Å². The summed E-state index contributed by atoms with van der Waals surface area (Å²) in [7, 11) is 0. The second-order valence-corrected chi connectivity index (χ2v) is 8.82. The number of rotatable bonds is 9. The molecule has 1 unspecified atom stereocenters. The van der Waals surface area contributed by atoms with Gasteiger partial charge in [-0.25, -0.2) is 13.2 Å². The molecule has 0 amide bonds. The molecule has 0 saturated carbocycles. The summed E-state index contributed by atoms with van der Waals surface area (Å²) in [5.74, 6) is -2.91. The highest BCUT2D eigenvalue weighted by molar-refractivity contribution is 5.78. The molecular weight excluding hydrogens is 497 g/mol. The van der Waals surface area contributed by atoms with Gasteiger partial charge in [-0.15, -0.1) is 5.10 Å². The van der Waals surface area contributed by atoms with Gasteiger partial charge in [-0.3, -0.25) is 9.88 Å². The number of nitrogens with one attached hydrogen (secondary N) is 2. The summed E-state index contributed by atoms with van der Waals surface area (Å²) < 4.78 is 54.9. The average molecular weight is 525 g/mol. The van der Waals surface area contributed by atoms with Gasteiger partial charge in [-0.1, -0.05) is 24.2 Å². The normalized spacial score (nSPS) is 14.8. The highest BCUT2D eigenvalue weighted by Crippen LogP contribution is 2.35.